The first-order chi connectivity index (χ1) is 8.22. The van der Waals surface area contributed by atoms with Crippen molar-refractivity contribution >= 4 is 16.8 Å². The Morgan fingerprint density at radius 3 is 2.88 bits per heavy atom. The summed E-state index contributed by atoms with van der Waals surface area (Å²) in [5, 5.41) is 1.05. The molecule has 0 aliphatic carbocycles. The number of aromatic amines is 1. The Bertz CT molecular complexity index is 486. The number of hydrogen-bond acceptors (Lipinski definition) is 2. The first-order valence-electron chi connectivity index (χ1n) is 5.54. The zero-order valence-corrected chi connectivity index (χ0v) is 10.1. The summed E-state index contributed by atoms with van der Waals surface area (Å²) in [6.45, 7) is 1.13. The number of nitrogens with zero attached hydrogens (tertiary/aromatic N) is 1. The van der Waals surface area contributed by atoms with E-state index in [1.165, 1.54) is 0 Å². The van der Waals surface area contributed by atoms with Crippen LogP contribution in [-0.4, -0.2) is 43.1 Å². The molecule has 90 valence electrons. The molecule has 0 unspecified atom stereocenters. The van der Waals surface area contributed by atoms with Crippen LogP contribution in [0.3, 0.4) is 0 Å². The van der Waals surface area contributed by atoms with Crippen LogP contribution in [0.4, 0.5) is 0 Å². The highest BCUT2D eigenvalue weighted by Crippen LogP contribution is 2.15. The summed E-state index contributed by atoms with van der Waals surface area (Å²) < 4.78 is 4.95. The summed E-state index contributed by atoms with van der Waals surface area (Å²) in [4.78, 5) is 16.8. The smallest absolute Gasteiger partial charge is 0.270 e. The standard InChI is InChI=1S/C13H16N2O2/c1-15(7-8-17-2)13(16)12-9-10-5-3-4-6-11(10)14-12/h3-6,9,14H,7-8H2,1-2H3. The van der Waals surface area contributed by atoms with Gasteiger partial charge in [-0.3, -0.25) is 4.79 Å². The lowest BCUT2D eigenvalue weighted by Crippen LogP contribution is -2.30. The van der Waals surface area contributed by atoms with Gasteiger partial charge in [-0.1, -0.05) is 18.2 Å². The van der Waals surface area contributed by atoms with Crippen LogP contribution < -0.4 is 0 Å². The van der Waals surface area contributed by atoms with Crippen LogP contribution in [-0.2, 0) is 4.74 Å². The van der Waals surface area contributed by atoms with Gasteiger partial charge in [0.25, 0.3) is 5.91 Å². The molecule has 0 atom stereocenters. The molecule has 4 heteroatoms. The van der Waals surface area contributed by atoms with Crippen molar-refractivity contribution in [3.05, 3.63) is 36.0 Å². The number of aromatic nitrogens is 1. The number of para-hydroxylation sites is 1. The van der Waals surface area contributed by atoms with Gasteiger partial charge in [0.1, 0.15) is 5.69 Å². The maximum absolute atomic E-state index is 12.1. The Morgan fingerprint density at radius 2 is 2.18 bits per heavy atom. The number of methoxy groups -OCH3 is 1. The van der Waals surface area contributed by atoms with E-state index >= 15 is 0 Å². The van der Waals surface area contributed by atoms with Crippen LogP contribution in [0.25, 0.3) is 10.9 Å². The molecular formula is C13H16N2O2. The molecular weight excluding hydrogens is 216 g/mol. The van der Waals surface area contributed by atoms with E-state index in [0.717, 1.165) is 10.9 Å². The number of hydrogen-bond donors (Lipinski definition) is 1. The van der Waals surface area contributed by atoms with Gasteiger partial charge < -0.3 is 14.6 Å². The van der Waals surface area contributed by atoms with Gasteiger partial charge in [0.2, 0.25) is 0 Å². The Hall–Kier alpha value is -1.81. The number of carbonyl (C=O) groups is 1. The fraction of sp³-hybridized carbons (Fsp3) is 0.308. The number of H-pyrrole nitrogens is 1. The lowest BCUT2D eigenvalue weighted by molar-refractivity contribution is 0.0739. The highest BCUT2D eigenvalue weighted by Gasteiger charge is 2.13. The van der Waals surface area contributed by atoms with Crippen molar-refractivity contribution in [2.24, 2.45) is 0 Å². The highest BCUT2D eigenvalue weighted by atomic mass is 16.5. The molecule has 17 heavy (non-hydrogen) atoms. The molecule has 1 aromatic heterocycles. The Balaban J connectivity index is 2.18. The molecule has 4 nitrogen and oxygen atoms in total. The number of carbonyl (C=O) groups excluding carboxylic acids is 1. The van der Waals surface area contributed by atoms with Crippen LogP contribution >= 0.6 is 0 Å². The average Bonchev–Trinajstić information content (AvgIpc) is 2.78. The second-order valence-corrected chi connectivity index (χ2v) is 3.99. The number of fused-ring (bicyclic) bond motifs is 1. The minimum atomic E-state index is -0.0155. The van der Waals surface area contributed by atoms with Crippen molar-refractivity contribution in [2.75, 3.05) is 27.3 Å². The molecule has 0 radical (unpaired) electrons. The first kappa shape index (κ1) is 11.7. The number of rotatable bonds is 4. The molecule has 2 rings (SSSR count). The van der Waals surface area contributed by atoms with Gasteiger partial charge in [-0.05, 0) is 12.1 Å². The van der Waals surface area contributed by atoms with Crippen molar-refractivity contribution in [3.63, 3.8) is 0 Å². The van der Waals surface area contributed by atoms with Crippen LogP contribution in [0.15, 0.2) is 30.3 Å². The van der Waals surface area contributed by atoms with Gasteiger partial charge in [0, 0.05) is 31.6 Å². The quantitative estimate of drug-likeness (QED) is 0.874. The van der Waals surface area contributed by atoms with Crippen LogP contribution in [0.5, 0.6) is 0 Å². The molecule has 1 aromatic carbocycles. The number of amides is 1. The third kappa shape index (κ3) is 2.47. The number of benzene rings is 1. The normalized spacial score (nSPS) is 10.7. The number of ether oxygens (including phenoxy) is 1. The first-order valence-corrected chi connectivity index (χ1v) is 5.54. The third-order valence-electron chi connectivity index (χ3n) is 2.74. The average molecular weight is 232 g/mol. The van der Waals surface area contributed by atoms with Gasteiger partial charge in [-0.15, -0.1) is 0 Å². The van der Waals surface area contributed by atoms with E-state index in [4.69, 9.17) is 4.74 Å². The molecule has 0 saturated carbocycles. The lowest BCUT2D eigenvalue weighted by atomic mass is 10.2. The van der Waals surface area contributed by atoms with Gasteiger partial charge in [-0.25, -0.2) is 0 Å². The third-order valence-corrected chi connectivity index (χ3v) is 2.74. The van der Waals surface area contributed by atoms with E-state index in [1.807, 2.05) is 30.3 Å². The molecule has 0 saturated heterocycles. The molecule has 2 aromatic rings. The molecule has 1 N–H and O–H groups in total. The minimum Gasteiger partial charge on any atom is -0.383 e. The molecule has 0 spiro atoms. The Labute approximate surface area is 100 Å². The van der Waals surface area contributed by atoms with Gasteiger partial charge in [0.05, 0.1) is 6.61 Å². The van der Waals surface area contributed by atoms with Crippen molar-refractivity contribution in [1.29, 1.82) is 0 Å². The monoisotopic (exact) mass is 232 g/mol. The summed E-state index contributed by atoms with van der Waals surface area (Å²) >= 11 is 0. The van der Waals surface area contributed by atoms with Crippen LogP contribution in [0, 0.1) is 0 Å². The zero-order valence-electron chi connectivity index (χ0n) is 10.1. The van der Waals surface area contributed by atoms with E-state index in [9.17, 15) is 4.79 Å². The number of nitrogens with one attached hydrogen (secondary N) is 1. The van der Waals surface area contributed by atoms with Crippen molar-refractivity contribution in [1.82, 2.24) is 9.88 Å². The predicted molar refractivity (Wildman–Crippen MR) is 67.1 cm³/mol. The van der Waals surface area contributed by atoms with Gasteiger partial charge >= 0.3 is 0 Å². The van der Waals surface area contributed by atoms with E-state index in [1.54, 1.807) is 19.1 Å². The molecule has 0 fully saturated rings. The summed E-state index contributed by atoms with van der Waals surface area (Å²) in [5.74, 6) is -0.0155. The van der Waals surface area contributed by atoms with Crippen molar-refractivity contribution < 1.29 is 9.53 Å². The maximum Gasteiger partial charge on any atom is 0.270 e. The van der Waals surface area contributed by atoms with Crippen LogP contribution in [0.1, 0.15) is 10.5 Å². The van der Waals surface area contributed by atoms with Gasteiger partial charge in [-0.2, -0.15) is 0 Å². The van der Waals surface area contributed by atoms with Crippen LogP contribution in [0.2, 0.25) is 0 Å². The summed E-state index contributed by atoms with van der Waals surface area (Å²) in [6.07, 6.45) is 0. The zero-order chi connectivity index (χ0) is 12.3. The highest BCUT2D eigenvalue weighted by molar-refractivity contribution is 5.97. The molecule has 0 aliphatic rings. The van der Waals surface area contributed by atoms with E-state index in [2.05, 4.69) is 4.98 Å². The van der Waals surface area contributed by atoms with Gasteiger partial charge in [0.15, 0.2) is 0 Å². The Kier molecular flexibility index (Phi) is 3.44. The maximum atomic E-state index is 12.1. The fourth-order valence-corrected chi connectivity index (χ4v) is 1.72. The summed E-state index contributed by atoms with van der Waals surface area (Å²) in [6, 6.07) is 9.72. The largest absolute Gasteiger partial charge is 0.383 e. The predicted octanol–water partition coefficient (Wildman–Crippen LogP) is 1.89. The molecule has 0 aliphatic heterocycles. The molecule has 1 amide bonds. The minimum absolute atomic E-state index is 0.0155. The molecule has 0 bridgehead atoms. The van der Waals surface area contributed by atoms with Crippen molar-refractivity contribution in [2.45, 2.75) is 0 Å². The second-order valence-electron chi connectivity index (χ2n) is 3.99. The lowest BCUT2D eigenvalue weighted by Gasteiger charge is -2.15. The second kappa shape index (κ2) is 5.01. The number of likely N-dealkylation sites (N-methyl/N-ethyl adjacent to an activating group) is 1. The van der Waals surface area contributed by atoms with Crippen molar-refractivity contribution in [3.8, 4) is 0 Å². The molecule has 1 heterocycles. The summed E-state index contributed by atoms with van der Waals surface area (Å²) in [5.41, 5.74) is 1.60. The summed E-state index contributed by atoms with van der Waals surface area (Å²) in [7, 11) is 3.40. The fourth-order valence-electron chi connectivity index (χ4n) is 1.72. The van der Waals surface area contributed by atoms with E-state index < -0.39 is 0 Å². The van der Waals surface area contributed by atoms with E-state index in [0.29, 0.717) is 18.8 Å². The Morgan fingerprint density at radius 1 is 1.41 bits per heavy atom. The van der Waals surface area contributed by atoms with E-state index in [-0.39, 0.29) is 5.91 Å². The SMILES string of the molecule is COCCN(C)C(=O)c1cc2ccccc2[nH]1. The topological polar surface area (TPSA) is 45.3 Å².